The number of aromatic amines is 1. The van der Waals surface area contributed by atoms with Crippen LogP contribution in [0.1, 0.15) is 25.1 Å². The summed E-state index contributed by atoms with van der Waals surface area (Å²) in [6, 6.07) is 0. The molecule has 0 amide bonds. The number of hydrogen-bond acceptors (Lipinski definition) is 2. The lowest BCUT2D eigenvalue weighted by molar-refractivity contribution is -0.140. The highest BCUT2D eigenvalue weighted by atomic mass is 19.4. The number of alkyl halides is 3. The predicted octanol–water partition coefficient (Wildman–Crippen LogP) is 1.66. The quantitative estimate of drug-likeness (QED) is 0.714. The molecule has 0 atom stereocenters. The topological polar surface area (TPSA) is 48.9 Å². The van der Waals surface area contributed by atoms with Crippen LogP contribution in [0.25, 0.3) is 0 Å². The van der Waals surface area contributed by atoms with E-state index in [4.69, 9.17) is 0 Å². The van der Waals surface area contributed by atoms with E-state index in [-0.39, 0.29) is 5.69 Å². The Morgan fingerprint density at radius 1 is 1.38 bits per heavy atom. The summed E-state index contributed by atoms with van der Waals surface area (Å²) in [7, 11) is 0. The minimum absolute atomic E-state index is 0.319. The third kappa shape index (κ3) is 2.00. The van der Waals surface area contributed by atoms with Crippen molar-refractivity contribution in [3.05, 3.63) is 17.5 Å². The molecule has 1 heterocycles. The van der Waals surface area contributed by atoms with Gasteiger partial charge in [-0.3, -0.25) is 5.10 Å². The number of rotatable bonds is 1. The average molecular weight is 194 g/mol. The summed E-state index contributed by atoms with van der Waals surface area (Å²) < 4.78 is 36.7. The molecule has 0 saturated heterocycles. The molecule has 0 fully saturated rings. The van der Waals surface area contributed by atoms with E-state index in [0.717, 1.165) is 0 Å². The molecule has 1 aromatic rings. The van der Waals surface area contributed by atoms with Crippen LogP contribution < -0.4 is 0 Å². The minimum atomic E-state index is -4.48. The minimum Gasteiger partial charge on any atom is -0.384 e. The summed E-state index contributed by atoms with van der Waals surface area (Å²) in [6.07, 6.45) is -3.82. The normalized spacial score (nSPS) is 13.4. The fraction of sp³-hybridized carbons (Fsp3) is 0.571. The molecule has 0 aliphatic rings. The number of nitrogens with one attached hydrogen (secondary N) is 1. The Morgan fingerprint density at radius 3 is 2.23 bits per heavy atom. The first-order valence-electron chi connectivity index (χ1n) is 3.56. The van der Waals surface area contributed by atoms with Crippen LogP contribution in [0, 0.1) is 0 Å². The smallest absolute Gasteiger partial charge is 0.384 e. The van der Waals surface area contributed by atoms with Gasteiger partial charge in [0.2, 0.25) is 0 Å². The van der Waals surface area contributed by atoms with Gasteiger partial charge in [-0.05, 0) is 13.8 Å². The maximum absolute atomic E-state index is 12.2. The number of halogens is 3. The maximum Gasteiger partial charge on any atom is 0.419 e. The van der Waals surface area contributed by atoms with Crippen molar-refractivity contribution in [1.82, 2.24) is 10.2 Å². The van der Waals surface area contributed by atoms with Gasteiger partial charge in [-0.1, -0.05) is 0 Å². The molecule has 3 nitrogen and oxygen atoms in total. The molecule has 2 N–H and O–H groups in total. The summed E-state index contributed by atoms with van der Waals surface area (Å²) in [5.74, 6) is 0. The second kappa shape index (κ2) is 2.73. The van der Waals surface area contributed by atoms with Crippen molar-refractivity contribution in [3.63, 3.8) is 0 Å². The third-order valence-electron chi connectivity index (χ3n) is 1.56. The van der Waals surface area contributed by atoms with Crippen LogP contribution >= 0.6 is 0 Å². The van der Waals surface area contributed by atoms with E-state index in [1.54, 1.807) is 0 Å². The highest BCUT2D eigenvalue weighted by molar-refractivity contribution is 5.24. The zero-order valence-corrected chi connectivity index (χ0v) is 7.11. The Hall–Kier alpha value is -1.04. The molecule has 1 aromatic heterocycles. The molecule has 0 radical (unpaired) electrons. The Kier molecular flexibility index (Phi) is 2.11. The summed E-state index contributed by atoms with van der Waals surface area (Å²) >= 11 is 0. The molecular formula is C7H9F3N2O. The highest BCUT2D eigenvalue weighted by Crippen LogP contribution is 2.34. The molecule has 0 spiro atoms. The van der Waals surface area contributed by atoms with E-state index < -0.39 is 17.3 Å². The molecule has 0 bridgehead atoms. The van der Waals surface area contributed by atoms with E-state index in [9.17, 15) is 18.3 Å². The van der Waals surface area contributed by atoms with Crippen LogP contribution in [-0.2, 0) is 11.8 Å². The van der Waals surface area contributed by atoms with Crippen LogP contribution in [0.5, 0.6) is 0 Å². The van der Waals surface area contributed by atoms with E-state index in [1.165, 1.54) is 13.8 Å². The lowest BCUT2D eigenvalue weighted by Crippen LogP contribution is -2.21. The first-order valence-corrected chi connectivity index (χ1v) is 3.56. The molecule has 74 valence electrons. The number of aromatic nitrogens is 2. The monoisotopic (exact) mass is 194 g/mol. The van der Waals surface area contributed by atoms with Crippen molar-refractivity contribution in [2.75, 3.05) is 0 Å². The zero-order chi connectivity index (χ0) is 10.3. The van der Waals surface area contributed by atoms with Gasteiger partial charge in [0.25, 0.3) is 0 Å². The molecule has 0 unspecified atom stereocenters. The van der Waals surface area contributed by atoms with Crippen LogP contribution in [0.2, 0.25) is 0 Å². The van der Waals surface area contributed by atoms with Gasteiger partial charge in [0.05, 0.1) is 17.5 Å². The van der Waals surface area contributed by atoms with Crippen molar-refractivity contribution < 1.29 is 18.3 Å². The van der Waals surface area contributed by atoms with E-state index >= 15 is 0 Å². The van der Waals surface area contributed by atoms with Crippen LogP contribution in [0.4, 0.5) is 13.2 Å². The lowest BCUT2D eigenvalue weighted by atomic mass is 10.0. The van der Waals surface area contributed by atoms with Gasteiger partial charge in [-0.2, -0.15) is 18.3 Å². The summed E-state index contributed by atoms with van der Waals surface area (Å²) in [4.78, 5) is 0. The van der Waals surface area contributed by atoms with E-state index in [0.29, 0.717) is 6.20 Å². The second-order valence-corrected chi connectivity index (χ2v) is 3.22. The first kappa shape index (κ1) is 10.0. The molecule has 0 aliphatic heterocycles. The average Bonchev–Trinajstić information content (AvgIpc) is 2.27. The van der Waals surface area contributed by atoms with Crippen molar-refractivity contribution in [2.24, 2.45) is 0 Å². The number of hydrogen-bond donors (Lipinski definition) is 2. The van der Waals surface area contributed by atoms with Gasteiger partial charge in [0.1, 0.15) is 5.60 Å². The third-order valence-corrected chi connectivity index (χ3v) is 1.56. The second-order valence-electron chi connectivity index (χ2n) is 3.22. The molecule has 6 heteroatoms. The Morgan fingerprint density at radius 2 is 1.92 bits per heavy atom. The predicted molar refractivity (Wildman–Crippen MR) is 38.8 cm³/mol. The molecule has 0 aliphatic carbocycles. The summed E-state index contributed by atoms with van der Waals surface area (Å²) in [6.45, 7) is 2.52. The largest absolute Gasteiger partial charge is 0.419 e. The SMILES string of the molecule is CC(C)(O)c1[nH]ncc1C(F)(F)F. The fourth-order valence-electron chi connectivity index (χ4n) is 0.967. The standard InChI is InChI=1S/C7H9F3N2O/c1-6(2,13)5-4(3-11-12-5)7(8,9)10/h3,13H,1-2H3,(H,11,12). The van der Waals surface area contributed by atoms with Crippen molar-refractivity contribution >= 4 is 0 Å². The summed E-state index contributed by atoms with van der Waals surface area (Å²) in [5.41, 5.74) is -2.82. The highest BCUT2D eigenvalue weighted by Gasteiger charge is 2.38. The molecular weight excluding hydrogens is 185 g/mol. The molecule has 13 heavy (non-hydrogen) atoms. The summed E-state index contributed by atoms with van der Waals surface area (Å²) in [5, 5.41) is 14.7. The molecule has 0 aromatic carbocycles. The molecule has 1 rings (SSSR count). The fourth-order valence-corrected chi connectivity index (χ4v) is 0.967. The lowest BCUT2D eigenvalue weighted by Gasteiger charge is -2.18. The van der Waals surface area contributed by atoms with Gasteiger partial charge in [0.15, 0.2) is 0 Å². The van der Waals surface area contributed by atoms with E-state index in [2.05, 4.69) is 10.2 Å². The van der Waals surface area contributed by atoms with Crippen LogP contribution in [0.3, 0.4) is 0 Å². The number of nitrogens with zero attached hydrogens (tertiary/aromatic N) is 1. The van der Waals surface area contributed by atoms with Crippen LogP contribution in [-0.4, -0.2) is 15.3 Å². The van der Waals surface area contributed by atoms with Crippen molar-refractivity contribution in [3.8, 4) is 0 Å². The van der Waals surface area contributed by atoms with Crippen LogP contribution in [0.15, 0.2) is 6.20 Å². The zero-order valence-electron chi connectivity index (χ0n) is 7.11. The van der Waals surface area contributed by atoms with E-state index in [1.807, 2.05) is 0 Å². The van der Waals surface area contributed by atoms with Gasteiger partial charge in [-0.15, -0.1) is 0 Å². The van der Waals surface area contributed by atoms with Gasteiger partial charge in [0, 0.05) is 0 Å². The number of aliphatic hydroxyl groups is 1. The van der Waals surface area contributed by atoms with Gasteiger partial charge in [-0.25, -0.2) is 0 Å². The Bertz CT molecular complexity index is 269. The maximum atomic E-state index is 12.2. The van der Waals surface area contributed by atoms with Crippen molar-refractivity contribution in [1.29, 1.82) is 0 Å². The van der Waals surface area contributed by atoms with Gasteiger partial charge < -0.3 is 5.11 Å². The Labute approximate surface area is 72.6 Å². The molecule has 0 saturated carbocycles. The van der Waals surface area contributed by atoms with Crippen molar-refractivity contribution in [2.45, 2.75) is 25.6 Å². The first-order chi connectivity index (χ1) is 5.73. The number of H-pyrrole nitrogens is 1. The Balaban J connectivity index is 3.19. The van der Waals surface area contributed by atoms with Gasteiger partial charge >= 0.3 is 6.18 Å².